The number of hydrogen-bond donors (Lipinski definition) is 1. The fourth-order valence-corrected chi connectivity index (χ4v) is 2.91. The van der Waals surface area contributed by atoms with Gasteiger partial charge < -0.3 is 10.1 Å². The number of nitrogens with zero attached hydrogens (tertiary/aromatic N) is 2. The molecule has 1 aromatic heterocycles. The summed E-state index contributed by atoms with van der Waals surface area (Å²) in [6.07, 6.45) is 7.63. The SMILES string of the molecule is CCNc1cnc(COC2CC(C)CC(C)C2)cn1. The smallest absolute Gasteiger partial charge is 0.144 e. The van der Waals surface area contributed by atoms with E-state index in [-0.39, 0.29) is 0 Å². The van der Waals surface area contributed by atoms with Crippen LogP contribution in [-0.2, 0) is 11.3 Å². The fourth-order valence-electron chi connectivity index (χ4n) is 2.91. The average Bonchev–Trinajstić information content (AvgIpc) is 2.37. The first-order chi connectivity index (χ1) is 9.17. The molecule has 1 N–H and O–H groups in total. The zero-order valence-corrected chi connectivity index (χ0v) is 12.2. The molecule has 19 heavy (non-hydrogen) atoms. The predicted molar refractivity (Wildman–Crippen MR) is 77.0 cm³/mol. The Morgan fingerprint density at radius 3 is 2.47 bits per heavy atom. The summed E-state index contributed by atoms with van der Waals surface area (Å²) in [5.41, 5.74) is 0.910. The summed E-state index contributed by atoms with van der Waals surface area (Å²) in [6.45, 7) is 8.12. The van der Waals surface area contributed by atoms with Crippen LogP contribution < -0.4 is 5.32 Å². The summed E-state index contributed by atoms with van der Waals surface area (Å²) in [4.78, 5) is 8.68. The van der Waals surface area contributed by atoms with Gasteiger partial charge in [-0.3, -0.25) is 4.98 Å². The summed E-state index contributed by atoms with van der Waals surface area (Å²) < 4.78 is 5.99. The van der Waals surface area contributed by atoms with Crippen LogP contribution in [0.15, 0.2) is 12.4 Å². The van der Waals surface area contributed by atoms with E-state index in [4.69, 9.17) is 4.74 Å². The van der Waals surface area contributed by atoms with Crippen molar-refractivity contribution in [2.24, 2.45) is 11.8 Å². The van der Waals surface area contributed by atoms with E-state index in [9.17, 15) is 0 Å². The van der Waals surface area contributed by atoms with Crippen LogP contribution in [0.3, 0.4) is 0 Å². The van der Waals surface area contributed by atoms with Crippen LogP contribution in [-0.4, -0.2) is 22.6 Å². The van der Waals surface area contributed by atoms with Crippen LogP contribution in [0.25, 0.3) is 0 Å². The Labute approximate surface area is 116 Å². The summed E-state index contributed by atoms with van der Waals surface area (Å²) in [7, 11) is 0. The maximum atomic E-state index is 5.99. The Balaban J connectivity index is 1.81. The first kappa shape index (κ1) is 14.3. The lowest BCUT2D eigenvalue weighted by Gasteiger charge is -2.31. The zero-order valence-electron chi connectivity index (χ0n) is 12.2. The molecular formula is C15H25N3O. The summed E-state index contributed by atoms with van der Waals surface area (Å²) in [5, 5.41) is 3.14. The Morgan fingerprint density at radius 2 is 1.89 bits per heavy atom. The van der Waals surface area contributed by atoms with Gasteiger partial charge in [-0.25, -0.2) is 4.98 Å². The van der Waals surface area contributed by atoms with Gasteiger partial charge in [-0.1, -0.05) is 13.8 Å². The van der Waals surface area contributed by atoms with Gasteiger partial charge in [0.1, 0.15) is 5.82 Å². The molecule has 4 heteroatoms. The van der Waals surface area contributed by atoms with Crippen molar-refractivity contribution in [1.82, 2.24) is 9.97 Å². The van der Waals surface area contributed by atoms with Crippen LogP contribution in [0.1, 0.15) is 45.7 Å². The lowest BCUT2D eigenvalue weighted by Crippen LogP contribution is -2.26. The van der Waals surface area contributed by atoms with Crippen molar-refractivity contribution in [3.05, 3.63) is 18.1 Å². The minimum atomic E-state index is 0.383. The minimum Gasteiger partial charge on any atom is -0.372 e. The molecule has 0 saturated heterocycles. The van der Waals surface area contributed by atoms with E-state index in [1.165, 1.54) is 19.3 Å². The van der Waals surface area contributed by atoms with Crippen molar-refractivity contribution >= 4 is 5.82 Å². The standard InChI is InChI=1S/C15H25N3O/c1-4-16-15-9-17-13(8-18-15)10-19-14-6-11(2)5-12(3)7-14/h8-9,11-12,14H,4-7,10H2,1-3H3,(H,16,18). The number of hydrogen-bond acceptors (Lipinski definition) is 4. The maximum absolute atomic E-state index is 5.99. The monoisotopic (exact) mass is 263 g/mol. The van der Waals surface area contributed by atoms with Gasteiger partial charge >= 0.3 is 0 Å². The highest BCUT2D eigenvalue weighted by molar-refractivity contribution is 5.30. The van der Waals surface area contributed by atoms with Gasteiger partial charge in [-0.2, -0.15) is 0 Å². The molecule has 2 atom stereocenters. The van der Waals surface area contributed by atoms with E-state index in [2.05, 4.69) is 29.1 Å². The molecular weight excluding hydrogens is 238 g/mol. The average molecular weight is 263 g/mol. The number of aromatic nitrogens is 2. The first-order valence-corrected chi connectivity index (χ1v) is 7.33. The zero-order chi connectivity index (χ0) is 13.7. The van der Waals surface area contributed by atoms with Gasteiger partial charge in [0.25, 0.3) is 0 Å². The van der Waals surface area contributed by atoms with Crippen molar-refractivity contribution in [3.63, 3.8) is 0 Å². The second kappa shape index (κ2) is 6.85. The van der Waals surface area contributed by atoms with Crippen LogP contribution in [0.2, 0.25) is 0 Å². The molecule has 0 amide bonds. The van der Waals surface area contributed by atoms with Crippen LogP contribution in [0, 0.1) is 11.8 Å². The molecule has 1 aromatic rings. The van der Waals surface area contributed by atoms with Gasteiger partial charge in [0, 0.05) is 6.54 Å². The predicted octanol–water partition coefficient (Wildman–Crippen LogP) is 3.25. The highest BCUT2D eigenvalue weighted by Crippen LogP contribution is 2.30. The molecule has 1 heterocycles. The van der Waals surface area contributed by atoms with Crippen molar-refractivity contribution in [1.29, 1.82) is 0 Å². The lowest BCUT2D eigenvalue weighted by atomic mass is 9.82. The normalized spacial score (nSPS) is 27.2. The summed E-state index contributed by atoms with van der Waals surface area (Å²) in [6, 6.07) is 0. The molecule has 2 rings (SSSR count). The second-order valence-electron chi connectivity index (χ2n) is 5.77. The molecule has 2 unspecified atom stereocenters. The largest absolute Gasteiger partial charge is 0.372 e. The molecule has 1 fully saturated rings. The maximum Gasteiger partial charge on any atom is 0.144 e. The molecule has 1 aliphatic rings. The van der Waals surface area contributed by atoms with Gasteiger partial charge in [0.05, 0.1) is 30.8 Å². The van der Waals surface area contributed by atoms with Crippen molar-refractivity contribution in [2.75, 3.05) is 11.9 Å². The van der Waals surface area contributed by atoms with Crippen LogP contribution in [0.4, 0.5) is 5.82 Å². The first-order valence-electron chi connectivity index (χ1n) is 7.33. The van der Waals surface area contributed by atoms with Gasteiger partial charge in [-0.15, -0.1) is 0 Å². The summed E-state index contributed by atoms with van der Waals surface area (Å²) >= 11 is 0. The Bertz CT molecular complexity index is 369. The van der Waals surface area contributed by atoms with E-state index in [0.29, 0.717) is 12.7 Å². The molecule has 1 aliphatic carbocycles. The number of rotatable bonds is 5. The topological polar surface area (TPSA) is 47.0 Å². The molecule has 0 spiro atoms. The van der Waals surface area contributed by atoms with Gasteiger partial charge in [0.2, 0.25) is 0 Å². The third-order valence-electron chi connectivity index (χ3n) is 3.67. The molecule has 1 saturated carbocycles. The Morgan fingerprint density at radius 1 is 1.16 bits per heavy atom. The number of anilines is 1. The highest BCUT2D eigenvalue weighted by Gasteiger charge is 2.24. The van der Waals surface area contributed by atoms with E-state index >= 15 is 0 Å². The van der Waals surface area contributed by atoms with Crippen molar-refractivity contribution in [2.45, 2.75) is 52.7 Å². The Kier molecular flexibility index (Phi) is 5.14. The van der Waals surface area contributed by atoms with Gasteiger partial charge in [-0.05, 0) is 38.0 Å². The van der Waals surface area contributed by atoms with E-state index in [1.807, 2.05) is 6.92 Å². The molecule has 0 bridgehead atoms. The van der Waals surface area contributed by atoms with E-state index < -0.39 is 0 Å². The van der Waals surface area contributed by atoms with Gasteiger partial charge in [0.15, 0.2) is 0 Å². The third kappa shape index (κ3) is 4.46. The fraction of sp³-hybridized carbons (Fsp3) is 0.733. The number of ether oxygens (including phenoxy) is 1. The minimum absolute atomic E-state index is 0.383. The van der Waals surface area contributed by atoms with Crippen LogP contribution >= 0.6 is 0 Å². The van der Waals surface area contributed by atoms with E-state index in [0.717, 1.165) is 29.9 Å². The second-order valence-corrected chi connectivity index (χ2v) is 5.77. The molecule has 0 aromatic carbocycles. The third-order valence-corrected chi connectivity index (χ3v) is 3.67. The Hall–Kier alpha value is -1.16. The molecule has 0 radical (unpaired) electrons. The van der Waals surface area contributed by atoms with E-state index in [1.54, 1.807) is 12.4 Å². The van der Waals surface area contributed by atoms with Crippen LogP contribution in [0.5, 0.6) is 0 Å². The molecule has 4 nitrogen and oxygen atoms in total. The number of nitrogens with one attached hydrogen (secondary N) is 1. The molecule has 106 valence electrons. The lowest BCUT2D eigenvalue weighted by molar-refractivity contribution is -0.0106. The quantitative estimate of drug-likeness (QED) is 0.886. The summed E-state index contributed by atoms with van der Waals surface area (Å²) in [5.74, 6) is 2.37. The van der Waals surface area contributed by atoms with Crippen molar-refractivity contribution in [3.8, 4) is 0 Å². The van der Waals surface area contributed by atoms with Crippen molar-refractivity contribution < 1.29 is 4.74 Å². The molecule has 0 aliphatic heterocycles. The highest BCUT2D eigenvalue weighted by atomic mass is 16.5.